The second-order valence-electron chi connectivity index (χ2n) is 9.49. The van der Waals surface area contributed by atoms with Crippen LogP contribution in [0.4, 0.5) is 13.2 Å². The second kappa shape index (κ2) is 12.2. The molecule has 1 saturated carbocycles. The SMILES string of the molecule is O=C(O)C(F)(F)F.OC[C@H]1CCCN1C1CCC(c2[nH]nc(-c3ccc(Cl)cc3)c2-c2ccncn2)CC1. The molecule has 38 heavy (non-hydrogen) atoms. The van der Waals surface area contributed by atoms with Crippen LogP contribution in [-0.4, -0.2) is 72.7 Å². The Bertz CT molecular complexity index is 1200. The smallest absolute Gasteiger partial charge is 0.475 e. The summed E-state index contributed by atoms with van der Waals surface area (Å²) in [5.74, 6) is -2.34. The van der Waals surface area contributed by atoms with Gasteiger partial charge in [0.2, 0.25) is 0 Å². The molecule has 1 saturated heterocycles. The number of alkyl halides is 3. The zero-order valence-corrected chi connectivity index (χ0v) is 21.3. The van der Waals surface area contributed by atoms with Crippen LogP contribution in [0.25, 0.3) is 22.5 Å². The molecule has 3 N–H and O–H groups in total. The van der Waals surface area contributed by atoms with E-state index < -0.39 is 12.1 Å². The first-order valence-electron chi connectivity index (χ1n) is 12.5. The number of aliphatic carboxylic acids is 1. The van der Waals surface area contributed by atoms with E-state index in [0.29, 0.717) is 23.0 Å². The van der Waals surface area contributed by atoms with Crippen LogP contribution in [-0.2, 0) is 4.79 Å². The molecule has 2 fully saturated rings. The van der Waals surface area contributed by atoms with E-state index in [1.165, 1.54) is 12.1 Å². The molecule has 0 unspecified atom stereocenters. The summed E-state index contributed by atoms with van der Waals surface area (Å²) in [5, 5.41) is 25.6. The minimum absolute atomic E-state index is 0.281. The Balaban J connectivity index is 0.000000426. The Labute approximate surface area is 222 Å². The third kappa shape index (κ3) is 6.51. The molecule has 8 nitrogen and oxygen atoms in total. The van der Waals surface area contributed by atoms with Gasteiger partial charge in [-0.05, 0) is 63.3 Å². The van der Waals surface area contributed by atoms with Gasteiger partial charge in [-0.3, -0.25) is 10.00 Å². The first-order valence-corrected chi connectivity index (χ1v) is 12.8. The summed E-state index contributed by atoms with van der Waals surface area (Å²) in [6, 6.07) is 10.7. The van der Waals surface area contributed by atoms with E-state index in [1.54, 1.807) is 12.5 Å². The largest absolute Gasteiger partial charge is 0.490 e. The number of likely N-dealkylation sites (tertiary alicyclic amines) is 1. The van der Waals surface area contributed by atoms with Crippen molar-refractivity contribution in [3.8, 4) is 22.5 Å². The quantitative estimate of drug-likeness (QED) is 0.394. The predicted molar refractivity (Wildman–Crippen MR) is 136 cm³/mol. The van der Waals surface area contributed by atoms with E-state index in [2.05, 4.69) is 20.0 Å². The minimum atomic E-state index is -5.08. The number of benzene rings is 1. The molecule has 1 aliphatic carbocycles. The summed E-state index contributed by atoms with van der Waals surface area (Å²) in [5.41, 5.74) is 5.07. The molecular weight excluding hydrogens is 523 g/mol. The number of aliphatic hydroxyl groups is 1. The normalized spacial score (nSPS) is 22.1. The molecule has 0 amide bonds. The number of aromatic amines is 1. The first kappa shape index (κ1) is 28.0. The second-order valence-corrected chi connectivity index (χ2v) is 9.92. The molecule has 3 aromatic rings. The molecule has 2 aliphatic rings. The molecule has 1 aliphatic heterocycles. The van der Waals surface area contributed by atoms with Gasteiger partial charge in [-0.1, -0.05) is 23.7 Å². The summed E-state index contributed by atoms with van der Waals surface area (Å²) >= 11 is 6.10. The number of halogens is 4. The van der Waals surface area contributed by atoms with Gasteiger partial charge < -0.3 is 10.2 Å². The van der Waals surface area contributed by atoms with Gasteiger partial charge in [-0.25, -0.2) is 14.8 Å². The fourth-order valence-corrected chi connectivity index (χ4v) is 5.52. The molecule has 0 bridgehead atoms. The number of hydrogen-bond acceptors (Lipinski definition) is 6. The number of H-pyrrole nitrogens is 1. The highest BCUT2D eigenvalue weighted by molar-refractivity contribution is 6.30. The van der Waals surface area contributed by atoms with E-state index in [-0.39, 0.29) is 6.61 Å². The van der Waals surface area contributed by atoms with Crippen molar-refractivity contribution >= 4 is 17.6 Å². The lowest BCUT2D eigenvalue weighted by Crippen LogP contribution is -2.42. The van der Waals surface area contributed by atoms with Gasteiger partial charge in [0.15, 0.2) is 0 Å². The van der Waals surface area contributed by atoms with Gasteiger partial charge in [0.25, 0.3) is 0 Å². The van der Waals surface area contributed by atoms with Crippen molar-refractivity contribution in [2.45, 2.75) is 62.7 Å². The topological polar surface area (TPSA) is 115 Å². The molecule has 12 heteroatoms. The highest BCUT2D eigenvalue weighted by Gasteiger charge is 2.38. The first-order chi connectivity index (χ1) is 18.2. The van der Waals surface area contributed by atoms with Gasteiger partial charge in [0.1, 0.15) is 12.0 Å². The predicted octanol–water partition coefficient (Wildman–Crippen LogP) is 5.30. The van der Waals surface area contributed by atoms with Crippen molar-refractivity contribution in [2.24, 2.45) is 0 Å². The van der Waals surface area contributed by atoms with Gasteiger partial charge in [-0.15, -0.1) is 0 Å². The van der Waals surface area contributed by atoms with Crippen molar-refractivity contribution in [2.75, 3.05) is 13.2 Å². The maximum Gasteiger partial charge on any atom is 0.490 e. The lowest BCUT2D eigenvalue weighted by Gasteiger charge is -2.37. The van der Waals surface area contributed by atoms with Gasteiger partial charge in [-0.2, -0.15) is 18.3 Å². The average Bonchev–Trinajstić information content (AvgIpc) is 3.57. The van der Waals surface area contributed by atoms with Crippen LogP contribution in [0.2, 0.25) is 5.02 Å². The fourth-order valence-electron chi connectivity index (χ4n) is 5.40. The number of carboxylic acids is 1. The van der Waals surface area contributed by atoms with E-state index in [9.17, 15) is 18.3 Å². The van der Waals surface area contributed by atoms with Crippen LogP contribution < -0.4 is 0 Å². The molecule has 0 spiro atoms. The monoisotopic (exact) mass is 551 g/mol. The lowest BCUT2D eigenvalue weighted by atomic mass is 9.81. The van der Waals surface area contributed by atoms with Crippen molar-refractivity contribution in [3.05, 3.63) is 53.6 Å². The summed E-state index contributed by atoms with van der Waals surface area (Å²) in [4.78, 5) is 20.1. The zero-order chi connectivity index (χ0) is 27.3. The number of hydrogen-bond donors (Lipinski definition) is 3. The van der Waals surface area contributed by atoms with E-state index in [4.69, 9.17) is 26.6 Å². The number of aliphatic hydroxyl groups excluding tert-OH is 1. The van der Waals surface area contributed by atoms with Crippen LogP contribution in [0.1, 0.15) is 50.1 Å². The van der Waals surface area contributed by atoms with Crippen LogP contribution in [0.5, 0.6) is 0 Å². The van der Waals surface area contributed by atoms with Gasteiger partial charge in [0.05, 0.1) is 12.3 Å². The minimum Gasteiger partial charge on any atom is -0.475 e. The lowest BCUT2D eigenvalue weighted by molar-refractivity contribution is -0.192. The number of carboxylic acid groups (broad SMARTS) is 1. The fraction of sp³-hybridized carbons (Fsp3) is 0.462. The number of aromatic nitrogens is 4. The van der Waals surface area contributed by atoms with E-state index in [1.807, 2.05) is 30.3 Å². The third-order valence-corrected chi connectivity index (χ3v) is 7.45. The van der Waals surface area contributed by atoms with Gasteiger partial charge >= 0.3 is 12.1 Å². The third-order valence-electron chi connectivity index (χ3n) is 7.20. The van der Waals surface area contributed by atoms with Crippen LogP contribution in [0, 0.1) is 0 Å². The summed E-state index contributed by atoms with van der Waals surface area (Å²) < 4.78 is 31.7. The summed E-state index contributed by atoms with van der Waals surface area (Å²) in [6.45, 7) is 1.40. The average molecular weight is 552 g/mol. The van der Waals surface area contributed by atoms with Crippen molar-refractivity contribution < 1.29 is 28.2 Å². The van der Waals surface area contributed by atoms with Gasteiger partial charge in [0, 0.05) is 46.0 Å². The highest BCUT2D eigenvalue weighted by atomic mass is 35.5. The van der Waals surface area contributed by atoms with Crippen LogP contribution >= 0.6 is 11.6 Å². The Morgan fingerprint density at radius 2 is 1.79 bits per heavy atom. The Morgan fingerprint density at radius 3 is 2.37 bits per heavy atom. The molecule has 1 atom stereocenters. The standard InChI is InChI=1S/C24H28ClN5O.C2HF3O2/c25-18-7-3-16(4-8-18)23-22(21-11-12-26-15-27-21)24(29-28-23)17-5-9-19(10-6-17)30-13-1-2-20(30)14-31;3-2(4,5)1(6)7/h3-4,7-8,11-12,15,17,19-20,31H,1-2,5-6,9-10,13-14H2,(H,28,29);(H,6,7)/t17?,19?,20-;/m1./s1. The molecular formula is C26H29ClF3N5O3. The number of nitrogens with one attached hydrogen (secondary N) is 1. The van der Waals surface area contributed by atoms with Crippen molar-refractivity contribution in [1.82, 2.24) is 25.1 Å². The molecule has 3 heterocycles. The number of rotatable bonds is 5. The van der Waals surface area contributed by atoms with Crippen LogP contribution in [0.3, 0.4) is 0 Å². The summed E-state index contributed by atoms with van der Waals surface area (Å²) in [6.07, 6.45) is 5.15. The van der Waals surface area contributed by atoms with Crippen molar-refractivity contribution in [3.63, 3.8) is 0 Å². The molecule has 2 aromatic heterocycles. The maximum atomic E-state index is 10.6. The van der Waals surface area contributed by atoms with Crippen LogP contribution in [0.15, 0.2) is 42.9 Å². The Hall–Kier alpha value is -3.02. The molecule has 204 valence electrons. The number of nitrogens with zero attached hydrogens (tertiary/aromatic N) is 4. The van der Waals surface area contributed by atoms with E-state index >= 15 is 0 Å². The summed E-state index contributed by atoms with van der Waals surface area (Å²) in [7, 11) is 0. The Morgan fingerprint density at radius 1 is 1.11 bits per heavy atom. The molecule has 5 rings (SSSR count). The van der Waals surface area contributed by atoms with E-state index in [0.717, 1.165) is 61.2 Å². The van der Waals surface area contributed by atoms with Crippen molar-refractivity contribution in [1.29, 1.82) is 0 Å². The maximum absolute atomic E-state index is 10.6. The zero-order valence-electron chi connectivity index (χ0n) is 20.5. The highest BCUT2D eigenvalue weighted by Crippen LogP contribution is 2.42. The molecule has 1 aromatic carbocycles. The number of carbonyl (C=O) groups is 1. The molecule has 0 radical (unpaired) electrons. The Kier molecular flexibility index (Phi) is 9.01.